The molecule has 3 atom stereocenters. The maximum absolute atomic E-state index is 12.3. The van der Waals surface area contributed by atoms with Crippen LogP contribution in [-0.4, -0.2) is 52.2 Å². The second-order valence-corrected chi connectivity index (χ2v) is 6.26. The standard InChI is InChI=1S/C15H17N3O5S/c1-22-10-5-3-2-4-8(10)13(21)16-15-18-17-14(24-15)11-6-9(20)12(7-19)23-11/h2-5,9,11-12,19-20H,6-7H2,1H3,(H,16,18,21)/t9-,11+,12+/m0/s1. The van der Waals surface area contributed by atoms with Crippen LogP contribution in [0.25, 0.3) is 0 Å². The Labute approximate surface area is 142 Å². The number of aliphatic hydroxyl groups is 2. The first-order valence-corrected chi connectivity index (χ1v) is 8.16. The third-order valence-electron chi connectivity index (χ3n) is 3.69. The van der Waals surface area contributed by atoms with Gasteiger partial charge in [-0.1, -0.05) is 23.5 Å². The summed E-state index contributed by atoms with van der Waals surface area (Å²) < 4.78 is 10.7. The number of methoxy groups -OCH3 is 1. The minimum Gasteiger partial charge on any atom is -0.496 e. The minimum atomic E-state index is -0.740. The van der Waals surface area contributed by atoms with E-state index in [0.29, 0.717) is 27.9 Å². The number of hydrogen-bond donors (Lipinski definition) is 3. The maximum Gasteiger partial charge on any atom is 0.261 e. The fourth-order valence-electron chi connectivity index (χ4n) is 2.46. The van der Waals surface area contributed by atoms with E-state index >= 15 is 0 Å². The fourth-order valence-corrected chi connectivity index (χ4v) is 3.25. The SMILES string of the molecule is COc1ccccc1C(=O)Nc1nnc([C@H]2C[C@H](O)[C@@H](CO)O2)s1. The van der Waals surface area contributed by atoms with E-state index in [9.17, 15) is 9.90 Å². The normalized spacial score (nSPS) is 23.2. The highest BCUT2D eigenvalue weighted by Crippen LogP contribution is 2.35. The van der Waals surface area contributed by atoms with Crippen LogP contribution in [0.3, 0.4) is 0 Å². The van der Waals surface area contributed by atoms with Crippen molar-refractivity contribution in [3.8, 4) is 5.75 Å². The summed E-state index contributed by atoms with van der Waals surface area (Å²) in [6.45, 7) is -0.256. The van der Waals surface area contributed by atoms with E-state index < -0.39 is 18.3 Å². The Balaban J connectivity index is 1.69. The molecule has 1 aromatic carbocycles. The smallest absolute Gasteiger partial charge is 0.261 e. The van der Waals surface area contributed by atoms with Crippen LogP contribution in [0.15, 0.2) is 24.3 Å². The number of hydrogen-bond acceptors (Lipinski definition) is 8. The number of aliphatic hydroxyl groups excluding tert-OH is 2. The lowest BCUT2D eigenvalue weighted by Crippen LogP contribution is -2.24. The highest BCUT2D eigenvalue weighted by Gasteiger charge is 2.36. The van der Waals surface area contributed by atoms with Crippen molar-refractivity contribution in [3.05, 3.63) is 34.8 Å². The van der Waals surface area contributed by atoms with Gasteiger partial charge in [0.05, 0.1) is 25.4 Å². The molecule has 0 bridgehead atoms. The predicted molar refractivity (Wildman–Crippen MR) is 86.2 cm³/mol. The number of nitrogens with one attached hydrogen (secondary N) is 1. The van der Waals surface area contributed by atoms with Crippen molar-refractivity contribution < 1.29 is 24.5 Å². The number of para-hydroxylation sites is 1. The molecule has 3 N–H and O–H groups in total. The second kappa shape index (κ2) is 7.22. The van der Waals surface area contributed by atoms with Gasteiger partial charge in [-0.2, -0.15) is 0 Å². The van der Waals surface area contributed by atoms with Crippen LogP contribution in [0, 0.1) is 0 Å². The molecule has 2 aromatic rings. The monoisotopic (exact) mass is 351 g/mol. The Kier molecular flexibility index (Phi) is 5.05. The number of nitrogens with zero attached hydrogens (tertiary/aromatic N) is 2. The third-order valence-corrected chi connectivity index (χ3v) is 4.62. The van der Waals surface area contributed by atoms with Gasteiger partial charge in [-0.25, -0.2) is 0 Å². The van der Waals surface area contributed by atoms with Crippen LogP contribution in [0.2, 0.25) is 0 Å². The first kappa shape index (κ1) is 16.8. The van der Waals surface area contributed by atoms with Crippen molar-refractivity contribution in [1.82, 2.24) is 10.2 Å². The average Bonchev–Trinajstić information content (AvgIpc) is 3.21. The summed E-state index contributed by atoms with van der Waals surface area (Å²) in [5, 5.41) is 30.3. The Hall–Kier alpha value is -2.07. The topological polar surface area (TPSA) is 114 Å². The van der Waals surface area contributed by atoms with Crippen LogP contribution in [0.4, 0.5) is 5.13 Å². The van der Waals surface area contributed by atoms with Crippen molar-refractivity contribution in [2.24, 2.45) is 0 Å². The molecular weight excluding hydrogens is 334 g/mol. The average molecular weight is 351 g/mol. The molecule has 1 aliphatic heterocycles. The molecule has 0 spiro atoms. The summed E-state index contributed by atoms with van der Waals surface area (Å²) in [5.41, 5.74) is 0.393. The first-order chi connectivity index (χ1) is 11.6. The molecule has 0 saturated carbocycles. The van der Waals surface area contributed by atoms with Crippen LogP contribution in [0.5, 0.6) is 5.75 Å². The van der Waals surface area contributed by atoms with E-state index in [1.807, 2.05) is 0 Å². The van der Waals surface area contributed by atoms with E-state index in [-0.39, 0.29) is 12.5 Å². The highest BCUT2D eigenvalue weighted by atomic mass is 32.1. The molecule has 1 aromatic heterocycles. The Morgan fingerprint density at radius 2 is 2.25 bits per heavy atom. The van der Waals surface area contributed by atoms with E-state index in [0.717, 1.165) is 0 Å². The molecule has 0 unspecified atom stereocenters. The Morgan fingerprint density at radius 3 is 2.96 bits per heavy atom. The lowest BCUT2D eigenvalue weighted by Gasteiger charge is -2.09. The summed E-state index contributed by atoms with van der Waals surface area (Å²) in [4.78, 5) is 12.3. The molecular formula is C15H17N3O5S. The van der Waals surface area contributed by atoms with Crippen LogP contribution >= 0.6 is 11.3 Å². The zero-order valence-corrected chi connectivity index (χ0v) is 13.7. The summed E-state index contributed by atoms with van der Waals surface area (Å²) in [6, 6.07) is 6.87. The van der Waals surface area contributed by atoms with Crippen LogP contribution in [-0.2, 0) is 4.74 Å². The Morgan fingerprint density at radius 1 is 1.46 bits per heavy atom. The number of benzene rings is 1. The van der Waals surface area contributed by atoms with E-state index in [4.69, 9.17) is 14.6 Å². The van der Waals surface area contributed by atoms with Crippen molar-refractivity contribution >= 4 is 22.4 Å². The first-order valence-electron chi connectivity index (χ1n) is 7.34. The third kappa shape index (κ3) is 3.39. The summed E-state index contributed by atoms with van der Waals surface area (Å²) in [5.74, 6) is 0.114. The van der Waals surface area contributed by atoms with Crippen molar-refractivity contribution in [2.75, 3.05) is 19.0 Å². The number of aromatic nitrogens is 2. The molecule has 9 heteroatoms. The van der Waals surface area contributed by atoms with Gasteiger partial charge in [-0.3, -0.25) is 10.1 Å². The molecule has 24 heavy (non-hydrogen) atoms. The van der Waals surface area contributed by atoms with Crippen LogP contribution in [0.1, 0.15) is 27.9 Å². The van der Waals surface area contributed by atoms with Gasteiger partial charge in [0.2, 0.25) is 5.13 Å². The number of ether oxygens (including phenoxy) is 2. The second-order valence-electron chi connectivity index (χ2n) is 5.25. The zero-order chi connectivity index (χ0) is 17.1. The lowest BCUT2D eigenvalue weighted by molar-refractivity contribution is -0.0227. The van der Waals surface area contributed by atoms with Gasteiger partial charge in [0.25, 0.3) is 5.91 Å². The predicted octanol–water partition coefficient (Wildman–Crippen LogP) is 0.982. The fraction of sp³-hybridized carbons (Fsp3) is 0.400. The van der Waals surface area contributed by atoms with Gasteiger partial charge in [-0.05, 0) is 12.1 Å². The number of carbonyl (C=O) groups is 1. The largest absolute Gasteiger partial charge is 0.496 e. The van der Waals surface area contributed by atoms with Gasteiger partial charge < -0.3 is 19.7 Å². The number of amides is 1. The molecule has 1 saturated heterocycles. The quantitative estimate of drug-likeness (QED) is 0.736. The summed E-state index contributed by atoms with van der Waals surface area (Å²) >= 11 is 1.17. The van der Waals surface area contributed by atoms with Crippen LogP contribution < -0.4 is 10.1 Å². The number of anilines is 1. The molecule has 0 radical (unpaired) electrons. The molecule has 1 amide bonds. The van der Waals surface area contributed by atoms with Gasteiger partial charge in [0.1, 0.15) is 23.0 Å². The van der Waals surface area contributed by atoms with Gasteiger partial charge in [-0.15, -0.1) is 10.2 Å². The molecule has 2 heterocycles. The van der Waals surface area contributed by atoms with Gasteiger partial charge >= 0.3 is 0 Å². The summed E-state index contributed by atoms with van der Waals surface area (Å²) in [7, 11) is 1.50. The van der Waals surface area contributed by atoms with E-state index in [1.165, 1.54) is 18.4 Å². The van der Waals surface area contributed by atoms with Gasteiger partial charge in [0.15, 0.2) is 0 Å². The van der Waals surface area contributed by atoms with Crippen molar-refractivity contribution in [3.63, 3.8) is 0 Å². The Bertz CT molecular complexity index is 723. The molecule has 1 fully saturated rings. The van der Waals surface area contributed by atoms with Crippen molar-refractivity contribution in [1.29, 1.82) is 0 Å². The maximum atomic E-state index is 12.3. The zero-order valence-electron chi connectivity index (χ0n) is 12.9. The summed E-state index contributed by atoms with van der Waals surface area (Å²) in [6.07, 6.45) is -1.46. The molecule has 3 rings (SSSR count). The lowest BCUT2D eigenvalue weighted by atomic mass is 10.1. The molecule has 0 aliphatic carbocycles. The molecule has 8 nitrogen and oxygen atoms in total. The minimum absolute atomic E-state index is 0.256. The number of carbonyl (C=O) groups excluding carboxylic acids is 1. The number of rotatable bonds is 5. The van der Waals surface area contributed by atoms with Gasteiger partial charge in [0, 0.05) is 6.42 Å². The van der Waals surface area contributed by atoms with E-state index in [2.05, 4.69) is 15.5 Å². The van der Waals surface area contributed by atoms with Crippen molar-refractivity contribution in [2.45, 2.75) is 24.7 Å². The highest BCUT2D eigenvalue weighted by molar-refractivity contribution is 7.15. The van der Waals surface area contributed by atoms with E-state index in [1.54, 1.807) is 24.3 Å². The molecule has 128 valence electrons. The molecule has 1 aliphatic rings.